The first-order valence-electron chi connectivity index (χ1n) is 10.1. The molecular weight excluding hydrogens is 340 g/mol. The molecule has 1 aromatic carbocycles. The molecule has 0 saturated carbocycles. The highest BCUT2D eigenvalue weighted by Crippen LogP contribution is 2.25. The third-order valence-corrected chi connectivity index (χ3v) is 6.15. The third-order valence-electron chi connectivity index (χ3n) is 6.15. The molecule has 1 aromatic heterocycles. The van der Waals surface area contributed by atoms with Gasteiger partial charge in [-0.1, -0.05) is 6.92 Å². The van der Waals surface area contributed by atoms with Gasteiger partial charge in [0, 0.05) is 5.56 Å². The average Bonchev–Trinajstić information content (AvgIpc) is 3.19. The summed E-state index contributed by atoms with van der Waals surface area (Å²) in [7, 11) is 1.70. The number of hydrogen-bond acceptors (Lipinski definition) is 4. The zero-order chi connectivity index (χ0) is 19.4. The summed E-state index contributed by atoms with van der Waals surface area (Å²) in [5.41, 5.74) is 1.13. The van der Waals surface area contributed by atoms with E-state index in [0.29, 0.717) is 0 Å². The van der Waals surface area contributed by atoms with E-state index in [-0.39, 0.29) is 11.6 Å². The first kappa shape index (κ1) is 19.8. The maximum atomic E-state index is 5.35. The van der Waals surface area contributed by atoms with Crippen molar-refractivity contribution < 1.29 is 14.5 Å². The molecule has 0 radical (unpaired) electrons. The van der Waals surface area contributed by atoms with Crippen LogP contribution in [0.25, 0.3) is 0 Å². The Labute approximate surface area is 162 Å². The fraction of sp³-hybridized carbons (Fsp3) is 0.650. The van der Waals surface area contributed by atoms with E-state index in [2.05, 4.69) is 55.4 Å². The zero-order valence-corrected chi connectivity index (χ0v) is 17.3. The SMILES string of the molecule is CC[NH+]1CC[NH+]([C@@H](c2ccc(OC)cc2)c2nnnn2C(C)(C)CC)CC1. The van der Waals surface area contributed by atoms with Gasteiger partial charge in [-0.15, -0.1) is 5.10 Å². The molecule has 2 aromatic rings. The normalized spacial score (nSPS) is 21.8. The molecule has 148 valence electrons. The van der Waals surface area contributed by atoms with Crippen LogP contribution in [0.2, 0.25) is 0 Å². The smallest absolute Gasteiger partial charge is 0.214 e. The number of benzene rings is 1. The summed E-state index contributed by atoms with van der Waals surface area (Å²) in [4.78, 5) is 3.22. The molecule has 7 heteroatoms. The molecule has 0 aliphatic carbocycles. The van der Waals surface area contributed by atoms with Gasteiger partial charge in [0.15, 0.2) is 6.04 Å². The summed E-state index contributed by atoms with van der Waals surface area (Å²) in [6.45, 7) is 14.7. The summed E-state index contributed by atoms with van der Waals surface area (Å²) in [5.74, 6) is 1.84. The van der Waals surface area contributed by atoms with Crippen molar-refractivity contribution in [2.45, 2.75) is 45.7 Å². The van der Waals surface area contributed by atoms with Gasteiger partial charge in [-0.25, -0.2) is 4.68 Å². The number of rotatable bonds is 7. The topological polar surface area (TPSA) is 61.7 Å². The number of nitrogens with one attached hydrogen (secondary N) is 2. The first-order chi connectivity index (χ1) is 13.0. The number of hydrogen-bond donors (Lipinski definition) is 2. The van der Waals surface area contributed by atoms with Crippen molar-refractivity contribution in [3.8, 4) is 5.75 Å². The van der Waals surface area contributed by atoms with E-state index in [9.17, 15) is 0 Å². The third kappa shape index (κ3) is 4.14. The van der Waals surface area contributed by atoms with Gasteiger partial charge in [0.05, 0.1) is 19.2 Å². The van der Waals surface area contributed by atoms with Gasteiger partial charge in [-0.2, -0.15) is 0 Å². The van der Waals surface area contributed by atoms with Crippen molar-refractivity contribution in [1.29, 1.82) is 0 Å². The van der Waals surface area contributed by atoms with Gasteiger partial charge in [0.2, 0.25) is 5.82 Å². The second-order valence-corrected chi connectivity index (χ2v) is 8.08. The second kappa shape index (κ2) is 8.35. The van der Waals surface area contributed by atoms with Crippen LogP contribution in [0.1, 0.15) is 51.5 Å². The monoisotopic (exact) mass is 374 g/mol. The van der Waals surface area contributed by atoms with Gasteiger partial charge >= 0.3 is 0 Å². The minimum Gasteiger partial charge on any atom is -0.497 e. The molecule has 0 unspecified atom stereocenters. The van der Waals surface area contributed by atoms with Crippen LogP contribution in [0.15, 0.2) is 24.3 Å². The molecule has 1 fully saturated rings. The number of likely N-dealkylation sites (N-methyl/N-ethyl adjacent to an activating group) is 1. The van der Waals surface area contributed by atoms with Crippen LogP contribution in [-0.4, -0.2) is 60.0 Å². The van der Waals surface area contributed by atoms with Crippen molar-refractivity contribution in [3.63, 3.8) is 0 Å². The Morgan fingerprint density at radius 2 is 1.78 bits per heavy atom. The van der Waals surface area contributed by atoms with Crippen LogP contribution < -0.4 is 14.5 Å². The predicted molar refractivity (Wildman–Crippen MR) is 104 cm³/mol. The quantitative estimate of drug-likeness (QED) is 0.700. The van der Waals surface area contributed by atoms with E-state index in [1.165, 1.54) is 25.2 Å². The zero-order valence-electron chi connectivity index (χ0n) is 17.3. The van der Waals surface area contributed by atoms with E-state index in [1.807, 2.05) is 16.8 Å². The molecule has 0 amide bonds. The summed E-state index contributed by atoms with van der Waals surface area (Å²) in [5, 5.41) is 12.9. The molecule has 0 bridgehead atoms. The van der Waals surface area contributed by atoms with Gasteiger partial charge in [-0.05, 0) is 61.9 Å². The lowest BCUT2D eigenvalue weighted by molar-refractivity contribution is -1.02. The lowest BCUT2D eigenvalue weighted by Crippen LogP contribution is -3.28. The van der Waals surface area contributed by atoms with Gasteiger partial charge in [-0.3, -0.25) is 0 Å². The summed E-state index contributed by atoms with van der Waals surface area (Å²) in [6.07, 6.45) is 0.976. The molecular formula is C20H34N6O+2. The van der Waals surface area contributed by atoms with Crippen LogP contribution in [0.3, 0.4) is 0 Å². The average molecular weight is 375 g/mol. The maximum absolute atomic E-state index is 5.35. The van der Waals surface area contributed by atoms with Crippen LogP contribution in [0, 0.1) is 0 Å². The van der Waals surface area contributed by atoms with Gasteiger partial charge in [0.25, 0.3) is 0 Å². The van der Waals surface area contributed by atoms with Crippen LogP contribution in [-0.2, 0) is 5.54 Å². The molecule has 7 nitrogen and oxygen atoms in total. The largest absolute Gasteiger partial charge is 0.497 e. The van der Waals surface area contributed by atoms with Crippen molar-refractivity contribution in [2.75, 3.05) is 39.8 Å². The van der Waals surface area contributed by atoms with Crippen LogP contribution in [0.5, 0.6) is 5.75 Å². The van der Waals surface area contributed by atoms with Crippen molar-refractivity contribution >= 4 is 0 Å². The Balaban J connectivity index is 1.99. The molecule has 1 atom stereocenters. The fourth-order valence-electron chi connectivity index (χ4n) is 3.89. The van der Waals surface area contributed by atoms with Crippen molar-refractivity contribution in [1.82, 2.24) is 20.2 Å². The predicted octanol–water partition coefficient (Wildman–Crippen LogP) is -0.280. The van der Waals surface area contributed by atoms with E-state index >= 15 is 0 Å². The maximum Gasteiger partial charge on any atom is 0.214 e. The molecule has 3 rings (SSSR count). The molecule has 27 heavy (non-hydrogen) atoms. The number of piperazine rings is 1. The highest BCUT2D eigenvalue weighted by atomic mass is 16.5. The van der Waals surface area contributed by atoms with E-state index in [4.69, 9.17) is 4.74 Å². The highest BCUT2D eigenvalue weighted by Gasteiger charge is 2.37. The van der Waals surface area contributed by atoms with E-state index in [1.54, 1.807) is 16.9 Å². The number of aromatic nitrogens is 4. The summed E-state index contributed by atoms with van der Waals surface area (Å²) in [6, 6.07) is 8.53. The minimum absolute atomic E-state index is 0.112. The molecule has 2 N–H and O–H groups in total. The molecule has 0 spiro atoms. The number of ether oxygens (including phenoxy) is 1. The summed E-state index contributed by atoms with van der Waals surface area (Å²) >= 11 is 0. The Morgan fingerprint density at radius 3 is 2.33 bits per heavy atom. The number of nitrogens with zero attached hydrogens (tertiary/aromatic N) is 4. The molecule has 2 heterocycles. The number of quaternary nitrogens is 2. The fourth-order valence-corrected chi connectivity index (χ4v) is 3.89. The Kier molecular flexibility index (Phi) is 6.11. The van der Waals surface area contributed by atoms with Gasteiger partial charge in [0.1, 0.15) is 31.9 Å². The standard InChI is InChI=1S/C20H32N6O/c1-6-20(3,4)26-19(21-22-23-26)18(16-8-10-17(27-5)11-9-16)25-14-12-24(7-2)13-15-25/h8-11,18H,6-7,12-15H2,1-5H3/p+2/t18-/m0/s1. The first-order valence-corrected chi connectivity index (χ1v) is 10.1. The van der Waals surface area contributed by atoms with Crippen LogP contribution in [0.4, 0.5) is 0 Å². The molecule has 1 saturated heterocycles. The number of tetrazole rings is 1. The second-order valence-electron chi connectivity index (χ2n) is 8.08. The molecule has 1 aliphatic rings. The highest BCUT2D eigenvalue weighted by molar-refractivity contribution is 5.30. The Hall–Kier alpha value is -1.99. The van der Waals surface area contributed by atoms with E-state index in [0.717, 1.165) is 31.1 Å². The van der Waals surface area contributed by atoms with Crippen molar-refractivity contribution in [3.05, 3.63) is 35.7 Å². The lowest BCUT2D eigenvalue weighted by atomic mass is 9.99. The lowest BCUT2D eigenvalue weighted by Gasteiger charge is -2.35. The van der Waals surface area contributed by atoms with Crippen LogP contribution >= 0.6 is 0 Å². The summed E-state index contributed by atoms with van der Waals surface area (Å²) < 4.78 is 7.39. The van der Waals surface area contributed by atoms with Gasteiger partial charge < -0.3 is 14.5 Å². The van der Waals surface area contributed by atoms with E-state index < -0.39 is 0 Å². The minimum atomic E-state index is -0.112. The molecule has 1 aliphatic heterocycles. The number of methoxy groups -OCH3 is 1. The Bertz CT molecular complexity index is 718. The van der Waals surface area contributed by atoms with Crippen molar-refractivity contribution in [2.24, 2.45) is 0 Å². The Morgan fingerprint density at radius 1 is 1.11 bits per heavy atom.